The number of anilines is 3. The highest BCUT2D eigenvalue weighted by Gasteiger charge is 2.30. The molecule has 7 N–H and O–H groups in total. The van der Waals surface area contributed by atoms with Crippen LogP contribution < -0.4 is 51.0 Å². The van der Waals surface area contributed by atoms with Crippen LogP contribution >= 0.6 is 11.6 Å². The number of nitrogens with zero attached hydrogens (tertiary/aromatic N) is 7. The number of hydrogen-bond acceptors (Lipinski definition) is 17. The third-order valence-corrected chi connectivity index (χ3v) is 29.6. The van der Waals surface area contributed by atoms with Crippen LogP contribution in [-0.4, -0.2) is 114 Å². The van der Waals surface area contributed by atoms with Crippen LogP contribution in [0.3, 0.4) is 0 Å². The first-order valence-corrected chi connectivity index (χ1v) is 59.6. The highest BCUT2D eigenvalue weighted by atomic mass is 35.5. The Morgan fingerprint density at radius 1 is 0.487 bits per heavy atom. The Bertz CT molecular complexity index is 5930. The molecular weight excluding hydrogens is 1960 g/mol. The number of rotatable bonds is 67. The van der Waals surface area contributed by atoms with Gasteiger partial charge in [-0.05, 0) is 214 Å². The normalized spacial score (nSPS) is 12.6. The summed E-state index contributed by atoms with van der Waals surface area (Å²) in [4.78, 5) is 38.5. The lowest BCUT2D eigenvalue weighted by atomic mass is 9.88. The van der Waals surface area contributed by atoms with E-state index < -0.39 is 39.9 Å². The lowest BCUT2D eigenvalue weighted by Crippen LogP contribution is -2.40. The Morgan fingerprint density at radius 3 is 1.51 bits per heavy atom. The number of phenolic OH excluding ortho intramolecular Hbond substituents is 1. The van der Waals surface area contributed by atoms with E-state index in [0.29, 0.717) is 124 Å². The molecule has 0 saturated heterocycles. The topological polar surface area (TPSA) is 314 Å². The second kappa shape index (κ2) is 65.0. The fourth-order valence-electron chi connectivity index (χ4n) is 18.0. The molecule has 30 heteroatoms. The smallest absolute Gasteiger partial charge is 0.316 e. The van der Waals surface area contributed by atoms with Gasteiger partial charge in [-0.3, -0.25) is 34.0 Å². The number of unbranched alkanes of at least 4 members (excludes halogenated alkanes) is 28. The number of carbonyl (C=O) groups excluding carboxylic acids is 2. The second-order valence-electron chi connectivity index (χ2n) is 42.3. The largest absolute Gasteiger partial charge is 0.507 e. The number of amides is 2. The molecule has 0 bridgehead atoms. The molecular formula is C120H178ClN13O13S3. The predicted molar refractivity (Wildman–Crippen MR) is 619 cm³/mol. The Balaban J connectivity index is 0.000000258. The number of para-hydroxylation sites is 2. The van der Waals surface area contributed by atoms with E-state index in [2.05, 4.69) is 174 Å². The van der Waals surface area contributed by atoms with E-state index in [1.165, 1.54) is 163 Å². The third-order valence-electron chi connectivity index (χ3n) is 27.1. The summed E-state index contributed by atoms with van der Waals surface area (Å²) in [7, 11) is 1.57. The number of phenols is 1. The highest BCUT2D eigenvalue weighted by Crippen LogP contribution is 2.42. The summed E-state index contributed by atoms with van der Waals surface area (Å²) in [5.41, 5.74) is 13.6. The molecule has 150 heavy (non-hydrogen) atoms. The van der Waals surface area contributed by atoms with Crippen molar-refractivity contribution < 1.29 is 58.8 Å². The molecule has 0 radical (unpaired) electrons. The molecule has 5 atom stereocenters. The molecule has 4 heterocycles. The number of aromatic amines is 2. The van der Waals surface area contributed by atoms with E-state index >= 15 is 0 Å². The number of aromatic hydroxyl groups is 1. The van der Waals surface area contributed by atoms with Gasteiger partial charge in [0, 0.05) is 48.3 Å². The fourth-order valence-corrected chi connectivity index (χ4v) is 20.2. The van der Waals surface area contributed by atoms with Crippen molar-refractivity contribution in [3.63, 3.8) is 0 Å². The Labute approximate surface area is 909 Å². The molecule has 826 valence electrons. The summed E-state index contributed by atoms with van der Waals surface area (Å²) in [6.07, 6.45) is 42.0. The molecule has 0 fully saturated rings. The maximum absolute atomic E-state index is 13.9. The quantitative estimate of drug-likeness (QED) is 0.0138. The van der Waals surface area contributed by atoms with E-state index in [4.69, 9.17) is 53.2 Å². The number of ether oxygens (including phenoxy) is 4. The first kappa shape index (κ1) is 123. The van der Waals surface area contributed by atoms with Crippen molar-refractivity contribution in [3.8, 4) is 63.3 Å². The van der Waals surface area contributed by atoms with Crippen molar-refractivity contribution in [3.05, 3.63) is 200 Å². The Hall–Kier alpha value is -10.6. The van der Waals surface area contributed by atoms with Crippen molar-refractivity contribution in [1.82, 2.24) is 49.8 Å². The molecule has 4 aromatic heterocycles. The van der Waals surface area contributed by atoms with Gasteiger partial charge in [-0.25, -0.2) is 9.97 Å². The summed E-state index contributed by atoms with van der Waals surface area (Å²) in [5.74, 6) is 5.56. The average Bonchev–Trinajstić information content (AvgIpc) is 1.63. The number of hydrogen-bond donors (Lipinski definition) is 7. The van der Waals surface area contributed by atoms with Gasteiger partial charge in [0.25, 0.3) is 17.7 Å². The number of nitrogens with one attached hydrogen (secondary N) is 6. The minimum Gasteiger partial charge on any atom is -0.507 e. The zero-order chi connectivity index (χ0) is 109. The number of carbonyl (C=O) groups is 2. The SMILES string of the molecule is CCCCCCC(Oc1ccc(C)cc1C)C(=O)NCC(C)c1nc2c(Cl)c(Oc3ccccc3OC)nn2[nH]1.CCCCCCCCN(CCCCCCCC)C(=O)c1cc(NS(=O)Oc2c(C(C)C)cc(C(C)C)cc2C(C)C)cc(C)c1O.CCCCCCCCOc1cc(CCCCCCCC)ccc1OS(=O)Nc1cc(NS(=O)Oc2ccc(CCCCCCCC)cc2C)cc(-c2nc3cc(C(C)(C)C)[nH]n3n2)c1. The zero-order valence-electron chi connectivity index (χ0n) is 94.1. The van der Waals surface area contributed by atoms with E-state index in [1.807, 2.05) is 87.2 Å². The van der Waals surface area contributed by atoms with E-state index in [9.17, 15) is 27.3 Å². The van der Waals surface area contributed by atoms with Crippen LogP contribution in [0.2, 0.25) is 5.02 Å². The first-order chi connectivity index (χ1) is 72.2. The number of aryl methyl sites for hydroxylation is 6. The minimum atomic E-state index is -2.03. The summed E-state index contributed by atoms with van der Waals surface area (Å²) < 4.78 is 94.8. The number of methoxy groups -OCH3 is 1. The molecule has 0 aliphatic carbocycles. The van der Waals surface area contributed by atoms with Gasteiger partial charge in [0.15, 0.2) is 51.2 Å². The minimum absolute atomic E-state index is 0.0217. The number of H-pyrrole nitrogens is 2. The van der Waals surface area contributed by atoms with Gasteiger partial charge in [0.05, 0.1) is 36.3 Å². The fraction of sp³-hybridized carbons (Fsp3) is 0.567. The number of fused-ring (bicyclic) bond motifs is 2. The van der Waals surface area contributed by atoms with Crippen LogP contribution in [0.15, 0.2) is 127 Å². The van der Waals surface area contributed by atoms with Crippen molar-refractivity contribution in [1.29, 1.82) is 0 Å². The van der Waals surface area contributed by atoms with Crippen LogP contribution in [0.4, 0.5) is 17.1 Å². The van der Waals surface area contributed by atoms with Gasteiger partial charge in [-0.2, -0.15) is 17.3 Å². The predicted octanol–water partition coefficient (Wildman–Crippen LogP) is 32.1. The average molecular weight is 2140 g/mol. The molecule has 7 aromatic carbocycles. The maximum atomic E-state index is 13.9. The molecule has 0 aliphatic heterocycles. The van der Waals surface area contributed by atoms with E-state index in [1.54, 1.807) is 61.1 Å². The maximum Gasteiger partial charge on any atom is 0.316 e. The molecule has 11 aromatic rings. The number of benzene rings is 7. The molecule has 0 saturated carbocycles. The van der Waals surface area contributed by atoms with Crippen LogP contribution in [0.5, 0.6) is 51.9 Å². The number of aromatic nitrogens is 8. The Kier molecular flexibility index (Phi) is 53.3. The summed E-state index contributed by atoms with van der Waals surface area (Å²) >= 11 is 0.643. The van der Waals surface area contributed by atoms with Crippen LogP contribution in [-0.2, 0) is 56.9 Å². The van der Waals surface area contributed by atoms with Crippen LogP contribution in [0.1, 0.15) is 431 Å². The van der Waals surface area contributed by atoms with Gasteiger partial charge >= 0.3 is 33.8 Å². The molecule has 11 rings (SSSR count). The van der Waals surface area contributed by atoms with Crippen molar-refractivity contribution in [2.45, 2.75) is 411 Å². The van der Waals surface area contributed by atoms with Crippen molar-refractivity contribution >= 4 is 85.6 Å². The zero-order valence-corrected chi connectivity index (χ0v) is 97.3. The van der Waals surface area contributed by atoms with Gasteiger partial charge in [-0.15, -0.1) is 14.8 Å². The van der Waals surface area contributed by atoms with Gasteiger partial charge in [0.2, 0.25) is 0 Å². The van der Waals surface area contributed by atoms with E-state index in [0.717, 1.165) is 129 Å². The third kappa shape index (κ3) is 40.4. The van der Waals surface area contributed by atoms with Crippen molar-refractivity contribution in [2.24, 2.45) is 0 Å². The van der Waals surface area contributed by atoms with Crippen LogP contribution in [0.25, 0.3) is 22.7 Å². The first-order valence-electron chi connectivity index (χ1n) is 56.0. The Morgan fingerprint density at radius 2 is 0.987 bits per heavy atom. The van der Waals surface area contributed by atoms with Crippen molar-refractivity contribution in [2.75, 3.05) is 47.5 Å². The molecule has 26 nitrogen and oxygen atoms in total. The standard InChI is InChI=1S/C51H76N6O5S2.C39H64N2O4S.C30H38ClN5O4/c1-8-11-14-17-20-23-26-40-28-30-45(39(4)33-40)61-63(58)55-43-35-42(50-52-49-38-48(51(5,6)7)53-57(49)54-50)36-44(37-43)56-64(59)62-46-31-29-41(27-24-21-18-15-12-9-2)34-47(46)60-32-25-22-19-16-13-10-3;1-10-12-14-16-18-20-22-41(23-21-19-17-15-13-11-2)39(43)36-27-33(24-31(9)37(36)42)40-46(44)45-38-34(29(5)6)25-32(28(3)4)26-35(38)30(7)8;1-6-7-8-9-14-25(39-22-16-15-19(2)17-20(22)3)29(37)32-18-21(4)27-33-28-26(31)30(35-36(28)34-27)40-24-13-11-10-12-23(24)38-5/h28-31,33-38,53,55-56H,8-27,32H2,1-7H3;24-30,40,42H,10-23H2,1-9H3;10-13,15-17,21,25H,6-9,14,18H2,1-5H3,(H,32,37)(H,33,34). The highest BCUT2D eigenvalue weighted by molar-refractivity contribution is 7.82. The lowest BCUT2D eigenvalue weighted by Gasteiger charge is -2.24. The van der Waals surface area contributed by atoms with Crippen LogP contribution in [0, 0.1) is 27.7 Å². The summed E-state index contributed by atoms with van der Waals surface area (Å²) in [6, 6.07) is 40.2. The summed E-state index contributed by atoms with van der Waals surface area (Å²) in [6.45, 7) is 44.6. The summed E-state index contributed by atoms with van der Waals surface area (Å²) in [5, 5.41) is 30.0. The number of halogens is 1. The second-order valence-corrected chi connectivity index (χ2v) is 45.2. The molecule has 5 unspecified atom stereocenters. The van der Waals surface area contributed by atoms with Gasteiger partial charge in [-0.1, -0.05) is 362 Å². The van der Waals surface area contributed by atoms with E-state index in [-0.39, 0.29) is 57.2 Å². The van der Waals surface area contributed by atoms with Gasteiger partial charge in [0.1, 0.15) is 28.8 Å². The molecule has 0 aliphatic rings. The molecule has 0 spiro atoms. The van der Waals surface area contributed by atoms with Gasteiger partial charge < -0.3 is 46.8 Å². The molecule has 2 amide bonds. The monoisotopic (exact) mass is 2140 g/mol. The lowest BCUT2D eigenvalue weighted by molar-refractivity contribution is -0.128.